The molecule has 2 aromatic heterocycles. The van der Waals surface area contributed by atoms with Crippen molar-refractivity contribution in [3.8, 4) is 0 Å². The lowest BCUT2D eigenvalue weighted by Gasteiger charge is -2.16. The van der Waals surface area contributed by atoms with E-state index in [1.165, 1.54) is 22.7 Å². The zero-order chi connectivity index (χ0) is 15.8. The molecule has 2 heterocycles. The Bertz CT molecular complexity index is 748. The zero-order valence-electron chi connectivity index (χ0n) is 11.9. The van der Waals surface area contributed by atoms with Crippen molar-refractivity contribution in [3.63, 3.8) is 0 Å². The summed E-state index contributed by atoms with van der Waals surface area (Å²) in [5.41, 5.74) is 0.309. The normalized spacial score (nSPS) is 12.3. The summed E-state index contributed by atoms with van der Waals surface area (Å²) < 4.78 is 32.6. The summed E-state index contributed by atoms with van der Waals surface area (Å²) in [4.78, 5) is 0.891. The number of hydrogen-bond donors (Lipinski definition) is 1. The van der Waals surface area contributed by atoms with Gasteiger partial charge in [0, 0.05) is 24.0 Å². The second-order valence-electron chi connectivity index (χ2n) is 4.65. The van der Waals surface area contributed by atoms with Crippen LogP contribution in [0.4, 0.5) is 0 Å². The molecule has 0 aromatic carbocycles. The smallest absolute Gasteiger partial charge is 0.246 e. The van der Waals surface area contributed by atoms with Gasteiger partial charge in [-0.2, -0.15) is 4.31 Å². The number of aryl methyl sites for hydroxylation is 2. The number of aliphatic hydroxyl groups excluding tert-OH is 1. The highest BCUT2D eigenvalue weighted by Crippen LogP contribution is 2.30. The molecule has 116 valence electrons. The van der Waals surface area contributed by atoms with Crippen LogP contribution < -0.4 is 0 Å². The van der Waals surface area contributed by atoms with E-state index in [-0.39, 0.29) is 23.8 Å². The minimum Gasteiger partial charge on any atom is -0.465 e. The molecule has 0 aliphatic carbocycles. The van der Waals surface area contributed by atoms with E-state index in [1.807, 2.05) is 0 Å². The largest absolute Gasteiger partial charge is 0.465 e. The van der Waals surface area contributed by atoms with E-state index in [1.54, 1.807) is 26.0 Å². The fraction of sp³-hybridized carbons (Fsp3) is 0.385. The highest BCUT2D eigenvalue weighted by atomic mass is 35.5. The molecule has 0 saturated carbocycles. The maximum atomic E-state index is 12.7. The molecule has 0 aliphatic heterocycles. The predicted octanol–water partition coefficient (Wildman–Crippen LogP) is 2.92. The molecule has 0 radical (unpaired) electrons. The van der Waals surface area contributed by atoms with Gasteiger partial charge in [-0.25, -0.2) is 8.42 Å². The Labute approximate surface area is 132 Å². The first kappa shape index (κ1) is 16.5. The summed E-state index contributed by atoms with van der Waals surface area (Å²) in [6.45, 7) is 3.05. The van der Waals surface area contributed by atoms with E-state index in [2.05, 4.69) is 0 Å². The molecule has 21 heavy (non-hydrogen) atoms. The first-order valence-corrected chi connectivity index (χ1v) is 8.81. The molecular formula is C13H16ClNO4S2. The minimum atomic E-state index is -3.74. The summed E-state index contributed by atoms with van der Waals surface area (Å²) in [5, 5.41) is 9.39. The summed E-state index contributed by atoms with van der Waals surface area (Å²) in [6.07, 6.45) is 0. The molecule has 0 aliphatic rings. The molecule has 5 nitrogen and oxygen atoms in total. The number of thiophene rings is 1. The first-order chi connectivity index (χ1) is 9.77. The van der Waals surface area contributed by atoms with Crippen LogP contribution in [-0.4, -0.2) is 24.9 Å². The van der Waals surface area contributed by atoms with Gasteiger partial charge >= 0.3 is 0 Å². The fourth-order valence-corrected chi connectivity index (χ4v) is 4.90. The Kier molecular flexibility index (Phi) is 4.79. The average Bonchev–Trinajstić information content (AvgIpc) is 2.92. The van der Waals surface area contributed by atoms with Crippen molar-refractivity contribution in [3.05, 3.63) is 38.4 Å². The third-order valence-electron chi connectivity index (χ3n) is 3.16. The summed E-state index contributed by atoms with van der Waals surface area (Å²) in [7, 11) is -2.25. The Balaban J connectivity index is 2.37. The van der Waals surface area contributed by atoms with Gasteiger partial charge in [-0.15, -0.1) is 11.3 Å². The highest BCUT2D eigenvalue weighted by Gasteiger charge is 2.30. The molecule has 0 amide bonds. The van der Waals surface area contributed by atoms with Crippen molar-refractivity contribution in [2.45, 2.75) is 31.9 Å². The lowest BCUT2D eigenvalue weighted by molar-refractivity contribution is 0.276. The Morgan fingerprint density at radius 1 is 1.33 bits per heavy atom. The van der Waals surface area contributed by atoms with Crippen LogP contribution in [0.25, 0.3) is 0 Å². The SMILES string of the molecule is Cc1oc(C)c(S(=O)(=O)N(C)Cc2ccc(Cl)s2)c1CO. The molecule has 0 atom stereocenters. The van der Waals surface area contributed by atoms with Gasteiger partial charge in [-0.3, -0.25) is 0 Å². The van der Waals surface area contributed by atoms with Gasteiger partial charge in [0.15, 0.2) is 0 Å². The Morgan fingerprint density at radius 3 is 2.52 bits per heavy atom. The van der Waals surface area contributed by atoms with Crippen LogP contribution in [0.5, 0.6) is 0 Å². The predicted molar refractivity (Wildman–Crippen MR) is 82.1 cm³/mol. The van der Waals surface area contributed by atoms with E-state index >= 15 is 0 Å². The minimum absolute atomic E-state index is 0.0488. The maximum Gasteiger partial charge on any atom is 0.246 e. The number of aliphatic hydroxyl groups is 1. The van der Waals surface area contributed by atoms with Gasteiger partial charge in [-0.05, 0) is 26.0 Å². The number of hydrogen-bond acceptors (Lipinski definition) is 5. The summed E-state index contributed by atoms with van der Waals surface area (Å²) in [5.74, 6) is 0.703. The number of furan rings is 1. The van der Waals surface area contributed by atoms with Gasteiger partial charge in [0.05, 0.1) is 10.9 Å². The van der Waals surface area contributed by atoms with Crippen molar-refractivity contribution < 1.29 is 17.9 Å². The number of halogens is 1. The Morgan fingerprint density at radius 2 is 2.00 bits per heavy atom. The average molecular weight is 350 g/mol. The van der Waals surface area contributed by atoms with Crippen molar-refractivity contribution in [1.29, 1.82) is 0 Å². The van der Waals surface area contributed by atoms with Gasteiger partial charge in [0.2, 0.25) is 10.0 Å². The zero-order valence-corrected chi connectivity index (χ0v) is 14.3. The fourth-order valence-electron chi connectivity index (χ4n) is 2.13. The number of rotatable bonds is 5. The number of sulfonamides is 1. The Hall–Kier alpha value is -0.860. The molecule has 0 spiro atoms. The topological polar surface area (TPSA) is 70.8 Å². The summed E-state index contributed by atoms with van der Waals surface area (Å²) in [6, 6.07) is 3.52. The van der Waals surface area contributed by atoms with Crippen molar-refractivity contribution in [2.24, 2.45) is 0 Å². The van der Waals surface area contributed by atoms with Crippen LogP contribution in [0, 0.1) is 13.8 Å². The van der Waals surface area contributed by atoms with E-state index in [9.17, 15) is 13.5 Å². The third kappa shape index (κ3) is 3.17. The standard InChI is InChI=1S/C13H16ClNO4S2/c1-8-11(7-16)13(9(2)19-8)21(17,18)15(3)6-10-4-5-12(14)20-10/h4-5,16H,6-7H2,1-3H3. The number of nitrogens with zero attached hydrogens (tertiary/aromatic N) is 1. The highest BCUT2D eigenvalue weighted by molar-refractivity contribution is 7.89. The van der Waals surface area contributed by atoms with Crippen LogP contribution >= 0.6 is 22.9 Å². The van der Waals surface area contributed by atoms with Crippen molar-refractivity contribution in [1.82, 2.24) is 4.31 Å². The summed E-state index contributed by atoms with van der Waals surface area (Å²) >= 11 is 7.19. The van der Waals surface area contributed by atoms with Gasteiger partial charge in [0.25, 0.3) is 0 Å². The lowest BCUT2D eigenvalue weighted by Crippen LogP contribution is -2.27. The first-order valence-electron chi connectivity index (χ1n) is 6.17. The van der Waals surface area contributed by atoms with Crippen LogP contribution in [0.1, 0.15) is 22.0 Å². The monoisotopic (exact) mass is 349 g/mol. The molecule has 0 fully saturated rings. The van der Waals surface area contributed by atoms with E-state index < -0.39 is 10.0 Å². The van der Waals surface area contributed by atoms with Crippen LogP contribution in [-0.2, 0) is 23.2 Å². The molecule has 2 aromatic rings. The third-order valence-corrected chi connectivity index (χ3v) is 6.37. The van der Waals surface area contributed by atoms with Crippen molar-refractivity contribution >= 4 is 33.0 Å². The molecule has 1 N–H and O–H groups in total. The van der Waals surface area contributed by atoms with Gasteiger partial charge in [-0.1, -0.05) is 11.6 Å². The molecule has 0 bridgehead atoms. The van der Waals surface area contributed by atoms with Gasteiger partial charge < -0.3 is 9.52 Å². The van der Waals surface area contributed by atoms with Crippen molar-refractivity contribution in [2.75, 3.05) is 7.05 Å². The quantitative estimate of drug-likeness (QED) is 0.900. The molecule has 0 unspecified atom stereocenters. The van der Waals surface area contributed by atoms with Crippen LogP contribution in [0.15, 0.2) is 21.4 Å². The molecule has 2 rings (SSSR count). The maximum absolute atomic E-state index is 12.7. The van der Waals surface area contributed by atoms with E-state index in [4.69, 9.17) is 16.0 Å². The van der Waals surface area contributed by atoms with Gasteiger partial charge in [0.1, 0.15) is 16.4 Å². The molecule has 8 heteroatoms. The lowest BCUT2D eigenvalue weighted by atomic mass is 10.2. The van der Waals surface area contributed by atoms with Crippen LogP contribution in [0.3, 0.4) is 0 Å². The van der Waals surface area contributed by atoms with Crippen LogP contribution in [0.2, 0.25) is 4.34 Å². The second-order valence-corrected chi connectivity index (χ2v) is 8.43. The van der Waals surface area contributed by atoms with E-state index in [0.29, 0.717) is 15.7 Å². The molecular weight excluding hydrogens is 334 g/mol. The molecule has 0 saturated heterocycles. The van der Waals surface area contributed by atoms with E-state index in [0.717, 1.165) is 4.88 Å². The second kappa shape index (κ2) is 6.10.